The van der Waals surface area contributed by atoms with Crippen LogP contribution in [0.4, 0.5) is 4.79 Å². The highest BCUT2D eigenvalue weighted by Crippen LogP contribution is 2.35. The first kappa shape index (κ1) is 16.6. The van der Waals surface area contributed by atoms with E-state index in [4.69, 9.17) is 16.3 Å². The monoisotopic (exact) mass is 433 g/mol. The second kappa shape index (κ2) is 6.15. The molecule has 1 heterocycles. The third-order valence-electron chi connectivity index (χ3n) is 2.60. The molecular weight excluding hydrogens is 421 g/mol. The average molecular weight is 436 g/mol. The minimum absolute atomic E-state index is 0.445. The van der Waals surface area contributed by atoms with Crippen LogP contribution in [-0.2, 0) is 4.74 Å². The molecule has 0 N–H and O–H groups in total. The van der Waals surface area contributed by atoms with Crippen LogP contribution in [0.1, 0.15) is 20.8 Å². The van der Waals surface area contributed by atoms with Gasteiger partial charge in [0.15, 0.2) is 0 Å². The molecule has 0 radical (unpaired) electrons. The van der Waals surface area contributed by atoms with Crippen LogP contribution in [0.2, 0.25) is 5.02 Å². The van der Waals surface area contributed by atoms with E-state index >= 15 is 0 Å². The SMILES string of the molecule is CC(C)(C)OC(=O)n1cc(Br)cc1-c1cccc(Br)c1Cl. The van der Waals surface area contributed by atoms with E-state index in [0.717, 1.165) is 14.5 Å². The summed E-state index contributed by atoms with van der Waals surface area (Å²) in [6, 6.07) is 7.40. The highest BCUT2D eigenvalue weighted by atomic mass is 79.9. The Hall–Kier alpha value is -0.780. The normalized spacial score (nSPS) is 11.5. The minimum atomic E-state index is -0.563. The molecule has 0 atom stereocenters. The van der Waals surface area contributed by atoms with Crippen molar-refractivity contribution in [3.8, 4) is 11.3 Å². The molecule has 0 amide bonds. The van der Waals surface area contributed by atoms with Crippen LogP contribution < -0.4 is 0 Å². The summed E-state index contributed by atoms with van der Waals surface area (Å²) in [5, 5.41) is 0.549. The standard InChI is InChI=1S/C15H14Br2ClNO2/c1-15(2,3)21-14(20)19-8-9(16)7-12(19)10-5-4-6-11(17)13(10)18/h4-8H,1-3H3. The first-order valence-corrected chi connectivity index (χ1v) is 8.21. The number of aromatic nitrogens is 1. The van der Waals surface area contributed by atoms with Crippen LogP contribution >= 0.6 is 43.5 Å². The van der Waals surface area contributed by atoms with E-state index in [2.05, 4.69) is 31.9 Å². The number of rotatable bonds is 1. The second-order valence-corrected chi connectivity index (χ2v) is 7.64. The van der Waals surface area contributed by atoms with Crippen molar-refractivity contribution in [2.24, 2.45) is 0 Å². The van der Waals surface area contributed by atoms with Crippen LogP contribution in [0.25, 0.3) is 11.3 Å². The molecule has 0 bridgehead atoms. The molecule has 0 spiro atoms. The lowest BCUT2D eigenvalue weighted by Crippen LogP contribution is -2.27. The zero-order chi connectivity index (χ0) is 15.8. The highest BCUT2D eigenvalue weighted by molar-refractivity contribution is 9.10. The largest absolute Gasteiger partial charge is 0.443 e. The zero-order valence-electron chi connectivity index (χ0n) is 11.8. The Labute approximate surface area is 145 Å². The van der Waals surface area contributed by atoms with Crippen molar-refractivity contribution in [3.63, 3.8) is 0 Å². The number of halogens is 3. The number of ether oxygens (including phenoxy) is 1. The van der Waals surface area contributed by atoms with Gasteiger partial charge in [-0.3, -0.25) is 4.57 Å². The Bertz CT molecular complexity index is 689. The molecule has 1 aromatic carbocycles. The van der Waals surface area contributed by atoms with Crippen LogP contribution in [0.5, 0.6) is 0 Å². The summed E-state index contributed by atoms with van der Waals surface area (Å²) in [5.41, 5.74) is 0.858. The van der Waals surface area contributed by atoms with Gasteiger partial charge >= 0.3 is 6.09 Å². The molecule has 0 saturated heterocycles. The first-order valence-electron chi connectivity index (χ1n) is 6.24. The number of benzene rings is 1. The van der Waals surface area contributed by atoms with E-state index in [1.165, 1.54) is 4.57 Å². The van der Waals surface area contributed by atoms with Gasteiger partial charge in [0.1, 0.15) is 5.60 Å². The molecule has 6 heteroatoms. The van der Waals surface area contributed by atoms with Gasteiger partial charge in [0.05, 0.1) is 10.7 Å². The maximum atomic E-state index is 12.3. The van der Waals surface area contributed by atoms with Crippen LogP contribution in [-0.4, -0.2) is 16.3 Å². The Morgan fingerprint density at radius 3 is 2.57 bits per heavy atom. The third kappa shape index (κ3) is 3.90. The molecule has 0 aliphatic heterocycles. The molecule has 2 rings (SSSR count). The third-order valence-corrected chi connectivity index (χ3v) is 4.33. The number of hydrogen-bond donors (Lipinski definition) is 0. The van der Waals surface area contributed by atoms with Gasteiger partial charge in [0.25, 0.3) is 0 Å². The molecule has 0 unspecified atom stereocenters. The lowest BCUT2D eigenvalue weighted by Gasteiger charge is -2.20. The maximum Gasteiger partial charge on any atom is 0.419 e. The van der Waals surface area contributed by atoms with Crippen LogP contribution in [0.15, 0.2) is 39.4 Å². The van der Waals surface area contributed by atoms with E-state index in [-0.39, 0.29) is 0 Å². The Kier molecular flexibility index (Phi) is 4.85. The zero-order valence-corrected chi connectivity index (χ0v) is 15.7. The molecule has 2 aromatic rings. The summed E-state index contributed by atoms with van der Waals surface area (Å²) >= 11 is 13.1. The molecule has 1 aromatic heterocycles. The fraction of sp³-hybridized carbons (Fsp3) is 0.267. The lowest BCUT2D eigenvalue weighted by atomic mass is 10.1. The molecule has 112 valence electrons. The molecule has 0 aliphatic carbocycles. The van der Waals surface area contributed by atoms with Gasteiger partial charge in [-0.25, -0.2) is 4.79 Å². The molecular formula is C15H14Br2ClNO2. The van der Waals surface area contributed by atoms with E-state index in [1.54, 1.807) is 6.20 Å². The Balaban J connectivity index is 2.51. The topological polar surface area (TPSA) is 31.2 Å². The van der Waals surface area contributed by atoms with Crippen LogP contribution in [0.3, 0.4) is 0 Å². The summed E-state index contributed by atoms with van der Waals surface area (Å²) in [5.74, 6) is 0. The molecule has 3 nitrogen and oxygen atoms in total. The van der Waals surface area contributed by atoms with Crippen molar-refractivity contribution in [3.05, 3.63) is 44.4 Å². The number of hydrogen-bond acceptors (Lipinski definition) is 2. The van der Waals surface area contributed by atoms with Crippen molar-refractivity contribution >= 4 is 49.6 Å². The van der Waals surface area contributed by atoms with Gasteiger partial charge in [-0.2, -0.15) is 0 Å². The van der Waals surface area contributed by atoms with E-state index < -0.39 is 11.7 Å². The highest BCUT2D eigenvalue weighted by Gasteiger charge is 2.22. The molecule has 0 aliphatic rings. The number of carbonyl (C=O) groups excluding carboxylic acids is 1. The first-order chi connectivity index (χ1) is 9.69. The molecule has 0 fully saturated rings. The number of carbonyl (C=O) groups is 1. The van der Waals surface area contributed by atoms with Gasteiger partial charge in [0.2, 0.25) is 0 Å². The Morgan fingerprint density at radius 1 is 1.29 bits per heavy atom. The summed E-state index contributed by atoms with van der Waals surface area (Å²) in [4.78, 5) is 12.3. The summed E-state index contributed by atoms with van der Waals surface area (Å²) in [6.07, 6.45) is 1.22. The predicted octanol–water partition coefficient (Wildman–Crippen LogP) is 6.12. The van der Waals surface area contributed by atoms with Crippen molar-refractivity contribution in [1.82, 2.24) is 4.57 Å². The summed E-state index contributed by atoms with van der Waals surface area (Å²) < 4.78 is 8.42. The predicted molar refractivity (Wildman–Crippen MR) is 91.9 cm³/mol. The average Bonchev–Trinajstić information content (AvgIpc) is 2.73. The van der Waals surface area contributed by atoms with Crippen molar-refractivity contribution < 1.29 is 9.53 Å². The van der Waals surface area contributed by atoms with Gasteiger partial charge in [-0.05, 0) is 64.8 Å². The molecule has 21 heavy (non-hydrogen) atoms. The fourth-order valence-corrected chi connectivity index (χ4v) is 2.81. The van der Waals surface area contributed by atoms with Gasteiger partial charge in [0, 0.05) is 20.7 Å². The van der Waals surface area contributed by atoms with Crippen molar-refractivity contribution in [2.45, 2.75) is 26.4 Å². The lowest BCUT2D eigenvalue weighted by molar-refractivity contribution is 0.0540. The fourth-order valence-electron chi connectivity index (χ4n) is 1.80. The molecule has 0 saturated carbocycles. The maximum absolute atomic E-state index is 12.3. The van der Waals surface area contributed by atoms with E-state index in [9.17, 15) is 4.79 Å². The smallest absolute Gasteiger partial charge is 0.419 e. The Morgan fingerprint density at radius 2 is 1.95 bits per heavy atom. The quantitative estimate of drug-likeness (QED) is 0.541. The van der Waals surface area contributed by atoms with Gasteiger partial charge in [-0.1, -0.05) is 23.7 Å². The van der Waals surface area contributed by atoms with Crippen molar-refractivity contribution in [1.29, 1.82) is 0 Å². The van der Waals surface area contributed by atoms with Gasteiger partial charge in [-0.15, -0.1) is 0 Å². The van der Waals surface area contributed by atoms with E-state index in [0.29, 0.717) is 10.7 Å². The minimum Gasteiger partial charge on any atom is -0.443 e. The van der Waals surface area contributed by atoms with Crippen LogP contribution in [0, 0.1) is 0 Å². The second-order valence-electron chi connectivity index (χ2n) is 5.50. The number of nitrogens with zero attached hydrogens (tertiary/aromatic N) is 1. The van der Waals surface area contributed by atoms with E-state index in [1.807, 2.05) is 45.0 Å². The summed E-state index contributed by atoms with van der Waals surface area (Å²) in [7, 11) is 0. The summed E-state index contributed by atoms with van der Waals surface area (Å²) in [6.45, 7) is 5.49. The van der Waals surface area contributed by atoms with Crippen molar-refractivity contribution in [2.75, 3.05) is 0 Å². The van der Waals surface area contributed by atoms with Gasteiger partial charge < -0.3 is 4.74 Å².